The predicted molar refractivity (Wildman–Crippen MR) is 210 cm³/mol. The molecule has 52 heavy (non-hydrogen) atoms. The number of anilines is 2. The number of hydrogen-bond donors (Lipinski definition) is 2. The normalized spacial score (nSPS) is 16.8. The van der Waals surface area contributed by atoms with Crippen molar-refractivity contribution in [3.8, 4) is 0 Å². The van der Waals surface area contributed by atoms with Gasteiger partial charge in [0.05, 0.1) is 12.1 Å². The average molecular weight is 688 g/mol. The standard InChI is InChI=1S/C45H45N5O2/c1-31(2)29-41(50-43(37-18-9-10-19-38(37)45(50)52)39-30-46-40-20-12-11-17-36(39)40)44(51)47-34-21-23-35(24-22-34)48-25-27-49(28-26-48)42(32-13-5-3-6-14-32)33-15-7-4-8-16-33/h3-24,30-31,41-43,46H,25-29H2,1-2H3,(H,47,51). The number of nitrogens with zero attached hydrogens (tertiary/aromatic N) is 3. The van der Waals surface area contributed by atoms with Crippen molar-refractivity contribution in [2.45, 2.75) is 38.4 Å². The molecule has 2 unspecified atom stereocenters. The van der Waals surface area contributed by atoms with Gasteiger partial charge < -0.3 is 20.1 Å². The van der Waals surface area contributed by atoms with Crippen LogP contribution in [0.4, 0.5) is 11.4 Å². The van der Waals surface area contributed by atoms with E-state index >= 15 is 0 Å². The minimum Gasteiger partial charge on any atom is -0.369 e. The number of nitrogens with one attached hydrogen (secondary N) is 2. The smallest absolute Gasteiger partial charge is 0.255 e. The van der Waals surface area contributed by atoms with E-state index in [4.69, 9.17) is 0 Å². The molecule has 8 rings (SSSR count). The van der Waals surface area contributed by atoms with Gasteiger partial charge in [0.1, 0.15) is 6.04 Å². The number of amides is 2. The molecule has 2 amide bonds. The number of rotatable bonds is 10. The summed E-state index contributed by atoms with van der Waals surface area (Å²) in [5.74, 6) is -0.0860. The van der Waals surface area contributed by atoms with Crippen LogP contribution in [0, 0.1) is 5.92 Å². The monoisotopic (exact) mass is 687 g/mol. The SMILES string of the molecule is CC(C)CC(C(=O)Nc1ccc(N2CCN(C(c3ccccc3)c3ccccc3)CC2)cc1)N1C(=O)c2ccccc2C1c1c[nH]c2ccccc12. The van der Waals surface area contributed by atoms with E-state index in [0.29, 0.717) is 12.0 Å². The third kappa shape index (κ3) is 6.48. The van der Waals surface area contributed by atoms with Gasteiger partial charge in [-0.1, -0.05) is 111 Å². The van der Waals surface area contributed by atoms with Gasteiger partial charge in [-0.3, -0.25) is 14.5 Å². The predicted octanol–water partition coefficient (Wildman–Crippen LogP) is 8.68. The molecule has 7 heteroatoms. The highest BCUT2D eigenvalue weighted by atomic mass is 16.2. The van der Waals surface area contributed by atoms with Crippen molar-refractivity contribution in [3.05, 3.63) is 167 Å². The Balaban J connectivity index is 0.994. The van der Waals surface area contributed by atoms with E-state index < -0.39 is 6.04 Å². The van der Waals surface area contributed by atoms with Crippen LogP contribution in [0.1, 0.15) is 65.0 Å². The van der Waals surface area contributed by atoms with Gasteiger partial charge in [-0.05, 0) is 65.4 Å². The maximum atomic E-state index is 14.3. The zero-order valence-electron chi connectivity index (χ0n) is 29.8. The highest BCUT2D eigenvalue weighted by Crippen LogP contribution is 2.43. The van der Waals surface area contributed by atoms with Gasteiger partial charge in [-0.25, -0.2) is 0 Å². The molecule has 2 aliphatic heterocycles. The Morgan fingerprint density at radius 3 is 2.02 bits per heavy atom. The molecular formula is C45H45N5O2. The maximum Gasteiger partial charge on any atom is 0.255 e. The molecule has 6 aromatic rings. The quantitative estimate of drug-likeness (QED) is 0.151. The van der Waals surface area contributed by atoms with Gasteiger partial charge in [0.15, 0.2) is 0 Å². The van der Waals surface area contributed by atoms with E-state index in [1.54, 1.807) is 0 Å². The number of H-pyrrole nitrogens is 1. The van der Waals surface area contributed by atoms with Crippen LogP contribution in [0.25, 0.3) is 10.9 Å². The molecule has 5 aromatic carbocycles. The molecule has 7 nitrogen and oxygen atoms in total. The molecule has 2 N–H and O–H groups in total. The number of piperazine rings is 1. The lowest BCUT2D eigenvalue weighted by atomic mass is 9.95. The summed E-state index contributed by atoms with van der Waals surface area (Å²) < 4.78 is 0. The second kappa shape index (κ2) is 14.5. The van der Waals surface area contributed by atoms with Gasteiger partial charge in [0, 0.05) is 65.8 Å². The van der Waals surface area contributed by atoms with Crippen molar-refractivity contribution in [3.63, 3.8) is 0 Å². The number of aromatic nitrogens is 1. The van der Waals surface area contributed by atoms with Crippen molar-refractivity contribution in [1.82, 2.24) is 14.8 Å². The fourth-order valence-corrected chi connectivity index (χ4v) is 8.19. The summed E-state index contributed by atoms with van der Waals surface area (Å²) in [6.45, 7) is 7.90. The third-order valence-corrected chi connectivity index (χ3v) is 10.7. The molecule has 0 saturated carbocycles. The highest BCUT2D eigenvalue weighted by Gasteiger charge is 2.44. The zero-order chi connectivity index (χ0) is 35.6. The summed E-state index contributed by atoms with van der Waals surface area (Å²) in [5.41, 5.74) is 8.08. The first-order valence-electron chi connectivity index (χ1n) is 18.4. The van der Waals surface area contributed by atoms with E-state index in [1.807, 2.05) is 65.7 Å². The number of carbonyl (C=O) groups excluding carboxylic acids is 2. The highest BCUT2D eigenvalue weighted by molar-refractivity contribution is 6.05. The topological polar surface area (TPSA) is 71.7 Å². The maximum absolute atomic E-state index is 14.3. The van der Waals surface area contributed by atoms with E-state index in [1.165, 1.54) is 11.1 Å². The second-order valence-electron chi connectivity index (χ2n) is 14.4. The van der Waals surface area contributed by atoms with Crippen LogP contribution in [0.5, 0.6) is 0 Å². The van der Waals surface area contributed by atoms with Crippen LogP contribution in [-0.4, -0.2) is 58.8 Å². The van der Waals surface area contributed by atoms with Crippen molar-refractivity contribution in [2.75, 3.05) is 36.4 Å². The molecule has 1 saturated heterocycles. The molecule has 0 aliphatic carbocycles. The lowest BCUT2D eigenvalue weighted by molar-refractivity contribution is -0.121. The zero-order valence-corrected chi connectivity index (χ0v) is 29.8. The van der Waals surface area contributed by atoms with Gasteiger partial charge in [-0.2, -0.15) is 0 Å². The lowest BCUT2D eigenvalue weighted by Crippen LogP contribution is -2.48. The van der Waals surface area contributed by atoms with E-state index in [9.17, 15) is 9.59 Å². The third-order valence-electron chi connectivity index (χ3n) is 10.7. The molecule has 2 atom stereocenters. The van der Waals surface area contributed by atoms with E-state index in [2.05, 4.69) is 113 Å². The van der Waals surface area contributed by atoms with Crippen molar-refractivity contribution >= 4 is 34.1 Å². The first kappa shape index (κ1) is 33.5. The second-order valence-corrected chi connectivity index (χ2v) is 14.4. The summed E-state index contributed by atoms with van der Waals surface area (Å²) in [7, 11) is 0. The fraction of sp³-hybridized carbons (Fsp3) is 0.244. The molecule has 1 aromatic heterocycles. The fourth-order valence-electron chi connectivity index (χ4n) is 8.19. The average Bonchev–Trinajstić information content (AvgIpc) is 3.73. The number of fused-ring (bicyclic) bond motifs is 2. The molecule has 0 bridgehead atoms. The van der Waals surface area contributed by atoms with Crippen molar-refractivity contribution in [1.29, 1.82) is 0 Å². The first-order chi connectivity index (χ1) is 25.5. The van der Waals surface area contributed by atoms with Crippen LogP contribution in [0.2, 0.25) is 0 Å². The van der Waals surface area contributed by atoms with Crippen molar-refractivity contribution in [2.24, 2.45) is 5.92 Å². The van der Waals surface area contributed by atoms with Crippen LogP contribution >= 0.6 is 0 Å². The molecule has 262 valence electrons. The summed E-state index contributed by atoms with van der Waals surface area (Å²) >= 11 is 0. The molecule has 3 heterocycles. The number of benzene rings is 5. The van der Waals surface area contributed by atoms with E-state index in [-0.39, 0.29) is 29.8 Å². The summed E-state index contributed by atoms with van der Waals surface area (Å²) in [4.78, 5) is 38.7. The molecule has 1 fully saturated rings. The number of hydrogen-bond acceptors (Lipinski definition) is 4. The Hall–Kier alpha value is -5.66. The van der Waals surface area contributed by atoms with Crippen LogP contribution in [-0.2, 0) is 4.79 Å². The van der Waals surface area contributed by atoms with Crippen molar-refractivity contribution < 1.29 is 9.59 Å². The number of carbonyl (C=O) groups is 2. The summed E-state index contributed by atoms with van der Waals surface area (Å²) in [6.07, 6.45) is 2.53. The molecule has 2 aliphatic rings. The van der Waals surface area contributed by atoms with Gasteiger partial charge in [-0.15, -0.1) is 0 Å². The summed E-state index contributed by atoms with van der Waals surface area (Å²) in [5, 5.41) is 4.25. The minimum atomic E-state index is -0.659. The minimum absolute atomic E-state index is 0.108. The van der Waals surface area contributed by atoms with Gasteiger partial charge in [0.2, 0.25) is 5.91 Å². The number of para-hydroxylation sites is 1. The van der Waals surface area contributed by atoms with Gasteiger partial charge in [0.25, 0.3) is 5.91 Å². The summed E-state index contributed by atoms with van der Waals surface area (Å²) in [6, 6.07) is 44.8. The van der Waals surface area contributed by atoms with Gasteiger partial charge >= 0.3 is 0 Å². The first-order valence-corrected chi connectivity index (χ1v) is 18.4. The Morgan fingerprint density at radius 2 is 1.35 bits per heavy atom. The molecular weight excluding hydrogens is 643 g/mol. The number of aromatic amines is 1. The Bertz CT molecular complexity index is 2110. The Kier molecular flexibility index (Phi) is 9.35. The Labute approximate surface area is 305 Å². The van der Waals surface area contributed by atoms with Crippen LogP contribution in [0.3, 0.4) is 0 Å². The van der Waals surface area contributed by atoms with E-state index in [0.717, 1.165) is 59.6 Å². The van der Waals surface area contributed by atoms with Crippen LogP contribution < -0.4 is 10.2 Å². The molecule has 0 radical (unpaired) electrons. The Morgan fingerprint density at radius 1 is 0.731 bits per heavy atom. The molecule has 0 spiro atoms. The lowest BCUT2D eigenvalue weighted by Gasteiger charge is -2.40. The van der Waals surface area contributed by atoms with Crippen LogP contribution in [0.15, 0.2) is 140 Å². The largest absolute Gasteiger partial charge is 0.369 e.